The highest BCUT2D eigenvalue weighted by molar-refractivity contribution is 7.47. The summed E-state index contributed by atoms with van der Waals surface area (Å²) >= 11 is 0. The number of carbonyl (C=O) groups excluding carboxylic acids is 4. The number of hydrogen-bond donors (Lipinski definition) is 3. The molecule has 2 unspecified atom stereocenters. The third-order valence-corrected chi connectivity index (χ3v) is 17.4. The number of aliphatic hydroxyl groups is 1. The standard InChI is InChI=1S/C67H130O17P2/c1-6-9-12-15-18-19-20-21-22-26-29-32-37-41-46-51-65(70)78-57-63(84-67(72)53-48-43-38-33-30-27-24-23-25-28-31-36-39-44-49-60(4)5)59-82-86(75,76)80-55-61(68)54-79-85(73,74)81-58-62(83-66(71)52-47-42-35-17-14-11-8-3)56-77-64(69)50-45-40-34-16-13-10-7-2/h60-63,68H,6-59H2,1-5H3,(H,73,74)(H,75,76)/t61-,62+,63+/m0/s1. The van der Waals surface area contributed by atoms with Crippen molar-refractivity contribution in [2.75, 3.05) is 39.6 Å². The normalized spacial score (nSPS) is 14.2. The zero-order valence-corrected chi connectivity index (χ0v) is 57.2. The molecule has 0 saturated carbocycles. The molecule has 0 saturated heterocycles. The van der Waals surface area contributed by atoms with E-state index in [-0.39, 0.29) is 25.7 Å². The molecule has 0 aromatic heterocycles. The van der Waals surface area contributed by atoms with Crippen LogP contribution in [0.5, 0.6) is 0 Å². The Morgan fingerprint density at radius 2 is 0.535 bits per heavy atom. The van der Waals surface area contributed by atoms with Crippen LogP contribution in [0.1, 0.15) is 343 Å². The minimum absolute atomic E-state index is 0.104. The number of esters is 4. The van der Waals surface area contributed by atoms with Gasteiger partial charge in [-0.2, -0.15) is 0 Å². The molecule has 0 aromatic rings. The van der Waals surface area contributed by atoms with Gasteiger partial charge in [0.15, 0.2) is 12.2 Å². The summed E-state index contributed by atoms with van der Waals surface area (Å²) in [4.78, 5) is 72.1. The van der Waals surface area contributed by atoms with E-state index in [1.165, 1.54) is 141 Å². The van der Waals surface area contributed by atoms with Crippen LogP contribution in [-0.2, 0) is 65.4 Å². The number of phosphoric ester groups is 2. The van der Waals surface area contributed by atoms with Crippen LogP contribution in [0.15, 0.2) is 0 Å². The fraction of sp³-hybridized carbons (Fsp3) is 0.940. The van der Waals surface area contributed by atoms with Gasteiger partial charge in [0, 0.05) is 25.7 Å². The minimum atomic E-state index is -4.95. The molecule has 19 heteroatoms. The predicted octanol–water partition coefficient (Wildman–Crippen LogP) is 19.0. The van der Waals surface area contributed by atoms with Crippen LogP contribution in [0.2, 0.25) is 0 Å². The number of carbonyl (C=O) groups is 4. The molecule has 5 atom stereocenters. The Kier molecular flexibility index (Phi) is 59.2. The lowest BCUT2D eigenvalue weighted by Crippen LogP contribution is -2.30. The van der Waals surface area contributed by atoms with Gasteiger partial charge in [-0.15, -0.1) is 0 Å². The van der Waals surface area contributed by atoms with Gasteiger partial charge >= 0.3 is 39.5 Å². The molecule has 17 nitrogen and oxygen atoms in total. The summed E-state index contributed by atoms with van der Waals surface area (Å²) in [6, 6.07) is 0. The molecule has 0 aliphatic carbocycles. The summed E-state index contributed by atoms with van der Waals surface area (Å²) in [6.45, 7) is 7.16. The van der Waals surface area contributed by atoms with Crippen LogP contribution in [0, 0.1) is 5.92 Å². The van der Waals surface area contributed by atoms with Gasteiger partial charge in [-0.05, 0) is 31.6 Å². The van der Waals surface area contributed by atoms with Gasteiger partial charge in [0.25, 0.3) is 0 Å². The van der Waals surface area contributed by atoms with Crippen molar-refractivity contribution in [3.63, 3.8) is 0 Å². The molecule has 0 amide bonds. The lowest BCUT2D eigenvalue weighted by atomic mass is 10.0. The molecule has 0 bridgehead atoms. The maximum atomic E-state index is 13.0. The van der Waals surface area contributed by atoms with Crippen molar-refractivity contribution in [1.29, 1.82) is 0 Å². The van der Waals surface area contributed by atoms with Crippen molar-refractivity contribution in [3.8, 4) is 0 Å². The van der Waals surface area contributed by atoms with E-state index in [0.717, 1.165) is 121 Å². The first-order valence-corrected chi connectivity index (χ1v) is 38.1. The molecule has 0 fully saturated rings. The molecule has 0 aliphatic rings. The van der Waals surface area contributed by atoms with E-state index >= 15 is 0 Å². The van der Waals surface area contributed by atoms with Crippen molar-refractivity contribution < 1.29 is 80.2 Å². The summed E-state index contributed by atoms with van der Waals surface area (Å²) in [5, 5.41) is 10.5. The van der Waals surface area contributed by atoms with E-state index in [2.05, 4.69) is 34.6 Å². The molecule has 0 aromatic carbocycles. The highest BCUT2D eigenvalue weighted by Gasteiger charge is 2.30. The predicted molar refractivity (Wildman–Crippen MR) is 345 cm³/mol. The third-order valence-electron chi connectivity index (χ3n) is 15.5. The van der Waals surface area contributed by atoms with Gasteiger partial charge in [-0.25, -0.2) is 9.13 Å². The summed E-state index contributed by atoms with van der Waals surface area (Å²) in [6.07, 6.45) is 46.1. The third kappa shape index (κ3) is 60.9. The Hall–Kier alpha value is -1.94. The second-order valence-corrected chi connectivity index (χ2v) is 27.6. The summed E-state index contributed by atoms with van der Waals surface area (Å²) in [5.74, 6) is -1.34. The zero-order valence-electron chi connectivity index (χ0n) is 55.4. The van der Waals surface area contributed by atoms with Gasteiger partial charge in [0.2, 0.25) is 0 Å². The first-order chi connectivity index (χ1) is 41.5. The number of rotatable bonds is 67. The molecule has 86 heavy (non-hydrogen) atoms. The minimum Gasteiger partial charge on any atom is -0.462 e. The highest BCUT2D eigenvalue weighted by Crippen LogP contribution is 2.45. The van der Waals surface area contributed by atoms with E-state index < -0.39 is 97.5 Å². The van der Waals surface area contributed by atoms with Gasteiger partial charge < -0.3 is 33.8 Å². The summed E-state index contributed by atoms with van der Waals surface area (Å²) in [5.41, 5.74) is 0. The van der Waals surface area contributed by atoms with E-state index in [4.69, 9.17) is 37.0 Å². The molecule has 0 radical (unpaired) electrons. The quantitative estimate of drug-likeness (QED) is 0.0222. The lowest BCUT2D eigenvalue weighted by molar-refractivity contribution is -0.161. The van der Waals surface area contributed by atoms with Crippen LogP contribution in [0.3, 0.4) is 0 Å². The highest BCUT2D eigenvalue weighted by atomic mass is 31.2. The zero-order chi connectivity index (χ0) is 63.5. The Morgan fingerprint density at radius 3 is 0.791 bits per heavy atom. The van der Waals surface area contributed by atoms with Crippen molar-refractivity contribution in [3.05, 3.63) is 0 Å². The molecular weight excluding hydrogens is 1140 g/mol. The summed E-state index contributed by atoms with van der Waals surface area (Å²) < 4.78 is 67.9. The fourth-order valence-electron chi connectivity index (χ4n) is 10.1. The molecule has 0 spiro atoms. The van der Waals surface area contributed by atoms with Crippen LogP contribution in [0.25, 0.3) is 0 Å². The maximum absolute atomic E-state index is 13.0. The van der Waals surface area contributed by atoms with Crippen molar-refractivity contribution in [2.45, 2.75) is 361 Å². The molecule has 0 rings (SSSR count). The van der Waals surface area contributed by atoms with E-state index in [0.29, 0.717) is 25.7 Å². The molecular formula is C67H130O17P2. The molecule has 510 valence electrons. The van der Waals surface area contributed by atoms with Crippen LogP contribution in [0.4, 0.5) is 0 Å². The van der Waals surface area contributed by atoms with Gasteiger partial charge in [0.05, 0.1) is 26.4 Å². The topological polar surface area (TPSA) is 237 Å². The Morgan fingerprint density at radius 1 is 0.314 bits per heavy atom. The van der Waals surface area contributed by atoms with Crippen molar-refractivity contribution in [1.82, 2.24) is 0 Å². The smallest absolute Gasteiger partial charge is 0.462 e. The van der Waals surface area contributed by atoms with Crippen LogP contribution < -0.4 is 0 Å². The van der Waals surface area contributed by atoms with E-state index in [1.54, 1.807) is 0 Å². The number of phosphoric acid groups is 2. The fourth-order valence-corrected chi connectivity index (χ4v) is 11.7. The summed E-state index contributed by atoms with van der Waals surface area (Å²) in [7, 11) is -9.88. The largest absolute Gasteiger partial charge is 0.472 e. The Labute approximate surface area is 524 Å². The molecule has 0 aliphatic heterocycles. The van der Waals surface area contributed by atoms with Crippen LogP contribution in [-0.4, -0.2) is 96.7 Å². The first kappa shape index (κ1) is 84.1. The second kappa shape index (κ2) is 60.6. The number of hydrogen-bond acceptors (Lipinski definition) is 15. The Balaban J connectivity index is 5.16. The number of unbranched alkanes of at least 4 members (excludes halogenated alkanes) is 39. The second-order valence-electron chi connectivity index (χ2n) is 24.7. The monoisotopic (exact) mass is 1270 g/mol. The van der Waals surface area contributed by atoms with E-state index in [1.807, 2.05) is 0 Å². The van der Waals surface area contributed by atoms with Crippen molar-refractivity contribution >= 4 is 39.5 Å². The van der Waals surface area contributed by atoms with Crippen LogP contribution >= 0.6 is 15.6 Å². The average molecular weight is 1270 g/mol. The average Bonchev–Trinajstić information content (AvgIpc) is 3.50. The maximum Gasteiger partial charge on any atom is 0.472 e. The number of ether oxygens (including phenoxy) is 4. The number of aliphatic hydroxyl groups excluding tert-OH is 1. The van der Waals surface area contributed by atoms with Gasteiger partial charge in [-0.1, -0.05) is 291 Å². The Bertz CT molecular complexity index is 1670. The van der Waals surface area contributed by atoms with Gasteiger partial charge in [-0.3, -0.25) is 37.3 Å². The molecule has 0 heterocycles. The molecule has 3 N–H and O–H groups in total. The van der Waals surface area contributed by atoms with Crippen molar-refractivity contribution in [2.24, 2.45) is 5.92 Å². The first-order valence-electron chi connectivity index (χ1n) is 35.1. The van der Waals surface area contributed by atoms with Gasteiger partial charge in [0.1, 0.15) is 19.3 Å². The SMILES string of the molecule is CCCCCCCCCCCCCCCCCC(=O)OC[C@H](COP(=O)(O)OC[C@@H](O)COP(=O)(O)OC[C@@H](COC(=O)CCCCCCCCC)OC(=O)CCCCCCCCC)OC(=O)CCCCCCCCCCCCCCCCC(C)C. The lowest BCUT2D eigenvalue weighted by Gasteiger charge is -2.21. The van der Waals surface area contributed by atoms with E-state index in [9.17, 15) is 43.2 Å².